The molecule has 0 saturated carbocycles. The number of ether oxygens (including phenoxy) is 1. The van der Waals surface area contributed by atoms with Gasteiger partial charge < -0.3 is 4.74 Å². The van der Waals surface area contributed by atoms with Crippen molar-refractivity contribution in [3.63, 3.8) is 0 Å². The Morgan fingerprint density at radius 2 is 1.53 bits per heavy atom. The van der Waals surface area contributed by atoms with Gasteiger partial charge in [-0.2, -0.15) is 13.2 Å². The molecule has 1 aromatic heterocycles. The van der Waals surface area contributed by atoms with Crippen LogP contribution in [0.5, 0.6) is 5.75 Å². The topological polar surface area (TPSA) is 22.1 Å². The van der Waals surface area contributed by atoms with Gasteiger partial charge in [0.1, 0.15) is 28.8 Å². The van der Waals surface area contributed by atoms with Gasteiger partial charge in [0, 0.05) is 11.1 Å². The summed E-state index contributed by atoms with van der Waals surface area (Å²) in [6.07, 6.45) is 0.142. The zero-order valence-corrected chi connectivity index (χ0v) is 20.8. The minimum atomic E-state index is -5.13. The first-order valence-electron chi connectivity index (χ1n) is 12.5. The number of aromatic nitrogens is 1. The Morgan fingerprint density at radius 1 is 0.789 bits per heavy atom. The highest BCUT2D eigenvalue weighted by Gasteiger charge is 2.37. The molecule has 0 atom stereocenters. The van der Waals surface area contributed by atoms with Crippen molar-refractivity contribution in [2.75, 3.05) is 6.61 Å². The maximum Gasteiger partial charge on any atom is 0.422 e. The van der Waals surface area contributed by atoms with Crippen LogP contribution in [0, 0.1) is 17.5 Å². The maximum absolute atomic E-state index is 15.2. The Kier molecular flexibility index (Phi) is 8.59. The molecule has 2 nitrogen and oxygen atoms in total. The Balaban J connectivity index is 1.40. The van der Waals surface area contributed by atoms with E-state index in [0.717, 1.165) is 29.8 Å². The summed E-state index contributed by atoms with van der Waals surface area (Å²) in [5.74, 6) is -3.06. The van der Waals surface area contributed by atoms with Gasteiger partial charge in [-0.3, -0.25) is 4.98 Å². The van der Waals surface area contributed by atoms with Crippen LogP contribution in [0.2, 0.25) is 0 Å². The monoisotopic (exact) mass is 531 g/mol. The fourth-order valence-electron chi connectivity index (χ4n) is 4.31. The maximum atomic E-state index is 15.2. The van der Waals surface area contributed by atoms with Crippen LogP contribution >= 0.6 is 0 Å². The summed E-state index contributed by atoms with van der Waals surface area (Å²) in [7, 11) is 0. The van der Waals surface area contributed by atoms with E-state index in [9.17, 15) is 22.0 Å². The van der Waals surface area contributed by atoms with Gasteiger partial charge in [-0.05, 0) is 78.4 Å². The quantitative estimate of drug-likeness (QED) is 0.151. The molecule has 0 radical (unpaired) electrons. The normalized spacial score (nSPS) is 11.8. The first-order chi connectivity index (χ1) is 18.2. The molecule has 0 N–H and O–H groups in total. The molecule has 0 fully saturated rings. The highest BCUT2D eigenvalue weighted by Crippen LogP contribution is 2.34. The average Bonchev–Trinajstić information content (AvgIpc) is 2.87. The van der Waals surface area contributed by atoms with Crippen molar-refractivity contribution in [2.45, 2.75) is 51.6 Å². The highest BCUT2D eigenvalue weighted by molar-refractivity contribution is 5.84. The van der Waals surface area contributed by atoms with Gasteiger partial charge in [0.2, 0.25) is 0 Å². The van der Waals surface area contributed by atoms with Gasteiger partial charge in [-0.25, -0.2) is 13.2 Å². The third-order valence-corrected chi connectivity index (χ3v) is 6.40. The number of fused-ring (bicyclic) bond motifs is 1. The van der Waals surface area contributed by atoms with Crippen LogP contribution in [0.3, 0.4) is 0 Å². The predicted molar refractivity (Wildman–Crippen MR) is 135 cm³/mol. The molecule has 0 bridgehead atoms. The van der Waals surface area contributed by atoms with E-state index in [1.807, 2.05) is 24.3 Å². The minimum Gasteiger partial charge on any atom is -0.492 e. The van der Waals surface area contributed by atoms with Gasteiger partial charge in [0.15, 0.2) is 0 Å². The number of benzene rings is 3. The van der Waals surface area contributed by atoms with E-state index in [2.05, 4.69) is 11.9 Å². The zero-order chi connectivity index (χ0) is 27.3. The molecule has 0 aliphatic carbocycles. The van der Waals surface area contributed by atoms with Crippen LogP contribution in [0.4, 0.5) is 26.3 Å². The number of pyridine rings is 1. The summed E-state index contributed by atoms with van der Waals surface area (Å²) in [6, 6.07) is 14.0. The third kappa shape index (κ3) is 6.65. The molecule has 0 spiro atoms. The fourth-order valence-corrected chi connectivity index (χ4v) is 4.31. The van der Waals surface area contributed by atoms with E-state index in [1.54, 1.807) is 24.4 Å². The predicted octanol–water partition coefficient (Wildman–Crippen LogP) is 8.42. The van der Waals surface area contributed by atoms with Crippen molar-refractivity contribution < 1.29 is 31.1 Å². The van der Waals surface area contributed by atoms with E-state index in [0.29, 0.717) is 47.9 Å². The summed E-state index contributed by atoms with van der Waals surface area (Å²) in [6.45, 7) is 2.77. The Bertz CT molecular complexity index is 1380. The SMILES string of the molecule is CCCCOc1ccc(CCc2ccc3c(F)c(CCc4cc(F)c(C(F)(F)F)c(F)c4)ccc3c2)nc1. The molecule has 4 rings (SSSR count). The van der Waals surface area contributed by atoms with Gasteiger partial charge in [0.05, 0.1) is 12.8 Å². The fraction of sp³-hybridized carbons (Fsp3) is 0.300. The van der Waals surface area contributed by atoms with Gasteiger partial charge >= 0.3 is 6.18 Å². The van der Waals surface area contributed by atoms with E-state index < -0.39 is 29.2 Å². The molecule has 200 valence electrons. The van der Waals surface area contributed by atoms with Crippen LogP contribution in [-0.2, 0) is 31.9 Å². The number of nitrogens with zero attached hydrogens (tertiary/aromatic N) is 1. The first kappa shape index (κ1) is 27.5. The van der Waals surface area contributed by atoms with Crippen molar-refractivity contribution in [1.29, 1.82) is 0 Å². The smallest absolute Gasteiger partial charge is 0.422 e. The minimum absolute atomic E-state index is 0.0120. The van der Waals surface area contributed by atoms with Crippen molar-refractivity contribution >= 4 is 10.8 Å². The molecule has 0 aliphatic heterocycles. The number of alkyl halides is 3. The summed E-state index contributed by atoms with van der Waals surface area (Å²) >= 11 is 0. The molecule has 1 heterocycles. The van der Waals surface area contributed by atoms with Crippen molar-refractivity contribution in [3.05, 3.63) is 106 Å². The van der Waals surface area contributed by atoms with Crippen LogP contribution in [0.1, 0.15) is 47.7 Å². The lowest BCUT2D eigenvalue weighted by Gasteiger charge is -2.12. The molecule has 38 heavy (non-hydrogen) atoms. The molecular formula is C30H27F6NO. The number of hydrogen-bond donors (Lipinski definition) is 0. The number of halogens is 6. The van der Waals surface area contributed by atoms with Gasteiger partial charge in [-0.1, -0.05) is 43.7 Å². The van der Waals surface area contributed by atoms with Crippen LogP contribution in [0.15, 0.2) is 60.8 Å². The first-order valence-corrected chi connectivity index (χ1v) is 12.5. The summed E-state index contributed by atoms with van der Waals surface area (Å²) in [4.78, 5) is 4.45. The second-order valence-electron chi connectivity index (χ2n) is 9.21. The Hall–Kier alpha value is -3.55. The van der Waals surface area contributed by atoms with Crippen LogP contribution in [-0.4, -0.2) is 11.6 Å². The molecule has 0 aliphatic rings. The standard InChI is InChI=1S/C30H27F6NO/c1-2-3-14-38-24-12-11-23(37-18-24)10-5-19-6-13-25-22(15-19)9-8-21(29(25)33)7-4-20-16-26(31)28(27(32)17-20)30(34,35)36/h6,8-9,11-13,15-18H,2-5,7,10,14H2,1H3. The lowest BCUT2D eigenvalue weighted by atomic mass is 9.97. The summed E-state index contributed by atoms with van der Waals surface area (Å²) < 4.78 is 86.9. The second kappa shape index (κ2) is 11.9. The van der Waals surface area contributed by atoms with Crippen molar-refractivity contribution in [1.82, 2.24) is 4.98 Å². The van der Waals surface area contributed by atoms with Crippen LogP contribution in [0.25, 0.3) is 10.8 Å². The van der Waals surface area contributed by atoms with Crippen LogP contribution < -0.4 is 4.74 Å². The number of unbranched alkanes of at least 4 members (excludes halogenated alkanes) is 1. The van der Waals surface area contributed by atoms with E-state index >= 15 is 4.39 Å². The van der Waals surface area contributed by atoms with E-state index in [4.69, 9.17) is 4.74 Å². The lowest BCUT2D eigenvalue weighted by molar-refractivity contribution is -0.142. The number of hydrogen-bond acceptors (Lipinski definition) is 2. The molecular weight excluding hydrogens is 504 g/mol. The molecule has 8 heteroatoms. The third-order valence-electron chi connectivity index (χ3n) is 6.40. The van der Waals surface area contributed by atoms with Gasteiger partial charge in [-0.15, -0.1) is 0 Å². The van der Waals surface area contributed by atoms with Crippen molar-refractivity contribution in [3.8, 4) is 5.75 Å². The molecule has 3 aromatic carbocycles. The van der Waals surface area contributed by atoms with E-state index in [-0.39, 0.29) is 18.4 Å². The molecule has 0 amide bonds. The average molecular weight is 532 g/mol. The highest BCUT2D eigenvalue weighted by atomic mass is 19.4. The molecule has 0 saturated heterocycles. The Labute approximate surface area is 217 Å². The number of rotatable bonds is 10. The second-order valence-corrected chi connectivity index (χ2v) is 9.21. The number of aryl methyl sites for hydroxylation is 4. The Morgan fingerprint density at radius 3 is 2.18 bits per heavy atom. The summed E-state index contributed by atoms with van der Waals surface area (Å²) in [5, 5.41) is 1.12. The lowest BCUT2D eigenvalue weighted by Crippen LogP contribution is -2.12. The van der Waals surface area contributed by atoms with Crippen molar-refractivity contribution in [2.24, 2.45) is 0 Å². The summed E-state index contributed by atoms with van der Waals surface area (Å²) in [5.41, 5.74) is 0.364. The van der Waals surface area contributed by atoms with Gasteiger partial charge in [0.25, 0.3) is 0 Å². The van der Waals surface area contributed by atoms with E-state index in [1.165, 1.54) is 0 Å². The zero-order valence-electron chi connectivity index (χ0n) is 20.8. The largest absolute Gasteiger partial charge is 0.492 e. The molecule has 4 aromatic rings. The molecule has 0 unspecified atom stereocenters.